The first-order valence-corrected chi connectivity index (χ1v) is 7.05. The van der Waals surface area contributed by atoms with Crippen molar-refractivity contribution < 1.29 is 4.39 Å². The Labute approximate surface area is 120 Å². The van der Waals surface area contributed by atoms with Gasteiger partial charge in [-0.1, -0.05) is 35.9 Å². The number of halogens is 1. The Morgan fingerprint density at radius 3 is 2.25 bits per heavy atom. The molecule has 0 fully saturated rings. The van der Waals surface area contributed by atoms with Gasteiger partial charge in [0, 0.05) is 11.6 Å². The smallest absolute Gasteiger partial charge is 0.128 e. The Morgan fingerprint density at radius 1 is 1.00 bits per heavy atom. The third kappa shape index (κ3) is 3.45. The Bertz CT molecular complexity index is 564. The monoisotopic (exact) mass is 271 g/mol. The molecule has 2 N–H and O–H groups in total. The van der Waals surface area contributed by atoms with Crippen molar-refractivity contribution in [1.82, 2.24) is 0 Å². The van der Waals surface area contributed by atoms with Crippen LogP contribution in [-0.4, -0.2) is 0 Å². The van der Waals surface area contributed by atoms with E-state index in [1.807, 2.05) is 19.9 Å². The van der Waals surface area contributed by atoms with E-state index in [0.29, 0.717) is 5.56 Å². The molecule has 106 valence electrons. The van der Waals surface area contributed by atoms with Crippen LogP contribution in [0, 0.1) is 26.6 Å². The molecule has 2 heteroatoms. The lowest BCUT2D eigenvalue weighted by atomic mass is 9.94. The fourth-order valence-corrected chi connectivity index (χ4v) is 2.62. The van der Waals surface area contributed by atoms with Crippen molar-refractivity contribution >= 4 is 0 Å². The molecule has 2 aromatic carbocycles. The molecule has 0 aliphatic heterocycles. The normalized spacial score (nSPS) is 12.4. The highest BCUT2D eigenvalue weighted by molar-refractivity contribution is 5.34. The van der Waals surface area contributed by atoms with E-state index in [9.17, 15) is 4.39 Å². The number of nitrogens with two attached hydrogens (primary N) is 1. The lowest BCUT2D eigenvalue weighted by Crippen LogP contribution is -2.15. The first-order chi connectivity index (χ1) is 9.47. The van der Waals surface area contributed by atoms with Crippen molar-refractivity contribution in [2.45, 2.75) is 39.7 Å². The molecule has 1 atom stereocenters. The molecular weight excluding hydrogens is 249 g/mol. The summed E-state index contributed by atoms with van der Waals surface area (Å²) in [5.41, 5.74) is 11.2. The average molecular weight is 271 g/mol. The molecule has 1 unspecified atom stereocenters. The molecule has 0 radical (unpaired) electrons. The van der Waals surface area contributed by atoms with Gasteiger partial charge in [-0.15, -0.1) is 0 Å². The van der Waals surface area contributed by atoms with Crippen LogP contribution in [0.3, 0.4) is 0 Å². The Hall–Kier alpha value is -1.67. The van der Waals surface area contributed by atoms with E-state index in [0.717, 1.165) is 24.0 Å². The Kier molecular flexibility index (Phi) is 4.56. The summed E-state index contributed by atoms with van der Waals surface area (Å²) >= 11 is 0. The van der Waals surface area contributed by atoms with E-state index in [-0.39, 0.29) is 11.9 Å². The van der Waals surface area contributed by atoms with E-state index >= 15 is 0 Å². The predicted octanol–water partition coefficient (Wildman–Crippen LogP) is 4.38. The van der Waals surface area contributed by atoms with Crippen LogP contribution in [0.4, 0.5) is 4.39 Å². The number of hydrogen-bond donors (Lipinski definition) is 1. The van der Waals surface area contributed by atoms with E-state index in [2.05, 4.69) is 31.2 Å². The molecule has 0 heterocycles. The summed E-state index contributed by atoms with van der Waals surface area (Å²) in [7, 11) is 0. The molecular formula is C18H22FN. The van der Waals surface area contributed by atoms with Crippen LogP contribution >= 0.6 is 0 Å². The van der Waals surface area contributed by atoms with Gasteiger partial charge in [0.25, 0.3) is 0 Å². The number of benzene rings is 2. The molecule has 0 saturated carbocycles. The maximum Gasteiger partial charge on any atom is 0.128 e. The van der Waals surface area contributed by atoms with Crippen molar-refractivity contribution in [3.63, 3.8) is 0 Å². The highest BCUT2D eigenvalue weighted by Gasteiger charge is 2.14. The van der Waals surface area contributed by atoms with Crippen molar-refractivity contribution in [1.29, 1.82) is 0 Å². The minimum absolute atomic E-state index is 0.182. The van der Waals surface area contributed by atoms with E-state index in [1.165, 1.54) is 11.1 Å². The highest BCUT2D eigenvalue weighted by Crippen LogP contribution is 2.24. The molecule has 1 nitrogen and oxygen atoms in total. The van der Waals surface area contributed by atoms with Crippen LogP contribution in [0.15, 0.2) is 36.4 Å². The van der Waals surface area contributed by atoms with Crippen molar-refractivity contribution in [3.8, 4) is 0 Å². The Balaban J connectivity index is 2.09. The molecule has 0 aromatic heterocycles. The van der Waals surface area contributed by atoms with Crippen molar-refractivity contribution in [2.75, 3.05) is 0 Å². The molecule has 0 saturated heterocycles. The highest BCUT2D eigenvalue weighted by atomic mass is 19.1. The molecule has 0 aliphatic rings. The standard InChI is InChI=1S/C18H22FN/c1-12-4-6-15(7-5-12)8-9-17(20)18-14(3)10-13(2)11-16(18)19/h4-7,10-11,17H,8-9,20H2,1-3H3. The third-order valence-corrected chi connectivity index (χ3v) is 3.72. The van der Waals surface area contributed by atoms with Gasteiger partial charge in [-0.05, 0) is 56.4 Å². The van der Waals surface area contributed by atoms with Gasteiger partial charge in [-0.3, -0.25) is 0 Å². The van der Waals surface area contributed by atoms with Gasteiger partial charge in [0.2, 0.25) is 0 Å². The van der Waals surface area contributed by atoms with Crippen LogP contribution in [0.5, 0.6) is 0 Å². The van der Waals surface area contributed by atoms with Gasteiger partial charge < -0.3 is 5.73 Å². The second kappa shape index (κ2) is 6.19. The zero-order valence-corrected chi connectivity index (χ0v) is 12.4. The summed E-state index contributed by atoms with van der Waals surface area (Å²) in [6, 6.07) is 11.7. The maximum absolute atomic E-state index is 14.1. The summed E-state index contributed by atoms with van der Waals surface area (Å²) in [5.74, 6) is -0.182. The first kappa shape index (κ1) is 14.7. The second-order valence-electron chi connectivity index (χ2n) is 5.61. The number of hydrogen-bond acceptors (Lipinski definition) is 1. The van der Waals surface area contributed by atoms with Gasteiger partial charge in [0.05, 0.1) is 0 Å². The lowest BCUT2D eigenvalue weighted by Gasteiger charge is -2.16. The van der Waals surface area contributed by atoms with Gasteiger partial charge in [0.15, 0.2) is 0 Å². The van der Waals surface area contributed by atoms with Gasteiger partial charge in [-0.2, -0.15) is 0 Å². The van der Waals surface area contributed by atoms with Crippen LogP contribution in [0.1, 0.15) is 40.3 Å². The molecule has 2 aromatic rings. The van der Waals surface area contributed by atoms with Crippen LogP contribution < -0.4 is 5.73 Å². The SMILES string of the molecule is Cc1ccc(CCC(N)c2c(C)cc(C)cc2F)cc1. The summed E-state index contributed by atoms with van der Waals surface area (Å²) in [6.45, 7) is 5.90. The fraction of sp³-hybridized carbons (Fsp3) is 0.333. The van der Waals surface area contributed by atoms with Crippen LogP contribution in [0.25, 0.3) is 0 Å². The third-order valence-electron chi connectivity index (χ3n) is 3.72. The minimum Gasteiger partial charge on any atom is -0.324 e. The van der Waals surface area contributed by atoms with E-state index in [4.69, 9.17) is 5.73 Å². The summed E-state index contributed by atoms with van der Waals surface area (Å²) in [5, 5.41) is 0. The zero-order chi connectivity index (χ0) is 14.7. The Morgan fingerprint density at radius 2 is 1.65 bits per heavy atom. The van der Waals surface area contributed by atoms with E-state index in [1.54, 1.807) is 6.07 Å². The molecule has 20 heavy (non-hydrogen) atoms. The summed E-state index contributed by atoms with van der Waals surface area (Å²) in [4.78, 5) is 0. The minimum atomic E-state index is -0.253. The fourth-order valence-electron chi connectivity index (χ4n) is 2.62. The predicted molar refractivity (Wildman–Crippen MR) is 82.3 cm³/mol. The van der Waals surface area contributed by atoms with Crippen LogP contribution in [-0.2, 0) is 6.42 Å². The number of rotatable bonds is 4. The lowest BCUT2D eigenvalue weighted by molar-refractivity contribution is 0.559. The van der Waals surface area contributed by atoms with Gasteiger partial charge in [0.1, 0.15) is 5.82 Å². The summed E-state index contributed by atoms with van der Waals surface area (Å²) in [6.07, 6.45) is 1.62. The van der Waals surface area contributed by atoms with Crippen molar-refractivity contribution in [3.05, 3.63) is 70.0 Å². The van der Waals surface area contributed by atoms with Crippen LogP contribution in [0.2, 0.25) is 0 Å². The molecule has 0 bridgehead atoms. The number of aryl methyl sites for hydroxylation is 4. The second-order valence-corrected chi connectivity index (χ2v) is 5.61. The van der Waals surface area contributed by atoms with Gasteiger partial charge >= 0.3 is 0 Å². The topological polar surface area (TPSA) is 26.0 Å². The zero-order valence-electron chi connectivity index (χ0n) is 12.4. The molecule has 2 rings (SSSR count). The first-order valence-electron chi connectivity index (χ1n) is 7.05. The largest absolute Gasteiger partial charge is 0.324 e. The van der Waals surface area contributed by atoms with E-state index < -0.39 is 0 Å². The molecule has 0 amide bonds. The quantitative estimate of drug-likeness (QED) is 0.877. The average Bonchev–Trinajstić information content (AvgIpc) is 2.37. The maximum atomic E-state index is 14.1. The molecule has 0 aliphatic carbocycles. The van der Waals surface area contributed by atoms with Crippen molar-refractivity contribution in [2.24, 2.45) is 5.73 Å². The molecule has 0 spiro atoms. The summed E-state index contributed by atoms with van der Waals surface area (Å²) < 4.78 is 14.1. The van der Waals surface area contributed by atoms with Gasteiger partial charge in [-0.25, -0.2) is 4.39 Å².